The van der Waals surface area contributed by atoms with Crippen molar-refractivity contribution in [1.29, 1.82) is 5.26 Å². The summed E-state index contributed by atoms with van der Waals surface area (Å²) in [6, 6.07) is 35.7. The molecule has 0 aliphatic heterocycles. The molecule has 2 amide bonds. The zero-order valence-corrected chi connectivity index (χ0v) is 20.1. The van der Waals surface area contributed by atoms with Crippen LogP contribution in [0.5, 0.6) is 0 Å². The minimum absolute atomic E-state index is 0.0865. The molecule has 4 aromatic carbocycles. The minimum Gasteiger partial charge on any atom is -0.349 e. The average Bonchev–Trinajstić information content (AvgIpc) is 2.92. The van der Waals surface area contributed by atoms with Gasteiger partial charge in [0.25, 0.3) is 5.91 Å². The molecular weight excluding hydrogens is 446 g/mol. The predicted molar refractivity (Wildman–Crippen MR) is 141 cm³/mol. The van der Waals surface area contributed by atoms with Crippen molar-refractivity contribution in [2.75, 3.05) is 4.90 Å². The van der Waals surface area contributed by atoms with E-state index in [1.165, 1.54) is 0 Å². The second-order valence-corrected chi connectivity index (χ2v) is 8.61. The van der Waals surface area contributed by atoms with Crippen molar-refractivity contribution in [3.8, 4) is 6.07 Å². The van der Waals surface area contributed by atoms with E-state index in [1.807, 2.05) is 91.9 Å². The summed E-state index contributed by atoms with van der Waals surface area (Å²) in [5, 5.41) is 12.1. The van der Waals surface area contributed by atoms with Gasteiger partial charge in [-0.25, -0.2) is 0 Å². The number of carbonyl (C=O) groups excluding carboxylic acids is 2. The van der Waals surface area contributed by atoms with Crippen LogP contribution < -0.4 is 10.2 Å². The van der Waals surface area contributed by atoms with Crippen molar-refractivity contribution >= 4 is 17.5 Å². The number of anilines is 1. The maximum absolute atomic E-state index is 13.5. The molecule has 0 heterocycles. The largest absolute Gasteiger partial charge is 0.349 e. The van der Waals surface area contributed by atoms with Crippen molar-refractivity contribution in [3.63, 3.8) is 0 Å². The Labute approximate surface area is 211 Å². The molecule has 0 fully saturated rings. The molecule has 36 heavy (non-hydrogen) atoms. The number of hydrogen-bond donors (Lipinski definition) is 1. The quantitative estimate of drug-likeness (QED) is 0.350. The summed E-state index contributed by atoms with van der Waals surface area (Å²) in [6.07, 6.45) is 0.204. The van der Waals surface area contributed by atoms with Gasteiger partial charge in [-0.2, -0.15) is 5.26 Å². The van der Waals surface area contributed by atoms with Gasteiger partial charge in [-0.3, -0.25) is 9.59 Å². The second kappa shape index (κ2) is 11.6. The zero-order chi connectivity index (χ0) is 25.3. The van der Waals surface area contributed by atoms with E-state index in [-0.39, 0.29) is 24.3 Å². The normalized spacial score (nSPS) is 11.2. The third-order valence-corrected chi connectivity index (χ3v) is 5.95. The molecule has 0 bridgehead atoms. The van der Waals surface area contributed by atoms with Gasteiger partial charge in [0.05, 0.1) is 30.6 Å². The Balaban J connectivity index is 1.56. The Bertz CT molecular complexity index is 1360. The van der Waals surface area contributed by atoms with Crippen molar-refractivity contribution < 1.29 is 9.59 Å². The van der Waals surface area contributed by atoms with Crippen LogP contribution in [0.3, 0.4) is 0 Å². The summed E-state index contributed by atoms with van der Waals surface area (Å²) in [6.45, 7) is 2.34. The maximum atomic E-state index is 13.5. The average molecular weight is 474 g/mol. The third kappa shape index (κ3) is 6.25. The Hall–Kier alpha value is -4.69. The molecule has 0 saturated heterocycles. The van der Waals surface area contributed by atoms with Gasteiger partial charge < -0.3 is 10.2 Å². The van der Waals surface area contributed by atoms with E-state index >= 15 is 0 Å². The van der Waals surface area contributed by atoms with Crippen LogP contribution in [-0.4, -0.2) is 11.8 Å². The van der Waals surface area contributed by atoms with Gasteiger partial charge in [-0.15, -0.1) is 0 Å². The lowest BCUT2D eigenvalue weighted by Crippen LogP contribution is -2.31. The van der Waals surface area contributed by atoms with E-state index in [0.717, 1.165) is 16.7 Å². The Morgan fingerprint density at radius 1 is 0.833 bits per heavy atom. The number of nitrogens with one attached hydrogen (secondary N) is 1. The highest BCUT2D eigenvalue weighted by atomic mass is 16.2. The van der Waals surface area contributed by atoms with Crippen LogP contribution in [0.25, 0.3) is 0 Å². The first-order valence-corrected chi connectivity index (χ1v) is 11.8. The van der Waals surface area contributed by atoms with E-state index in [1.54, 1.807) is 29.2 Å². The van der Waals surface area contributed by atoms with Gasteiger partial charge in [0.2, 0.25) is 5.91 Å². The Morgan fingerprint density at radius 3 is 2.14 bits per heavy atom. The van der Waals surface area contributed by atoms with Gasteiger partial charge >= 0.3 is 0 Å². The molecule has 5 heteroatoms. The number of hydrogen-bond acceptors (Lipinski definition) is 3. The first-order chi connectivity index (χ1) is 17.5. The number of nitrogens with zero attached hydrogens (tertiary/aromatic N) is 2. The lowest BCUT2D eigenvalue weighted by Gasteiger charge is -2.24. The molecule has 0 unspecified atom stereocenters. The van der Waals surface area contributed by atoms with E-state index < -0.39 is 0 Å². The Morgan fingerprint density at radius 2 is 1.47 bits per heavy atom. The standard InChI is InChI=1S/C31H27N3O2/c1-23(27-12-6-3-7-13-27)33-30(35)20-26-11-8-14-29(19-26)34(22-25-9-4-2-5-10-25)31(36)28-17-15-24(21-32)16-18-28/h2-19,23H,20,22H2,1H3,(H,33,35)/t23-/m0/s1. The smallest absolute Gasteiger partial charge is 0.258 e. The van der Waals surface area contributed by atoms with Crippen molar-refractivity contribution in [3.05, 3.63) is 137 Å². The Kier molecular flexibility index (Phi) is 7.90. The molecule has 0 aromatic heterocycles. The molecule has 5 nitrogen and oxygen atoms in total. The van der Waals surface area contributed by atoms with Gasteiger partial charge in [0.1, 0.15) is 0 Å². The van der Waals surface area contributed by atoms with Crippen molar-refractivity contribution in [2.45, 2.75) is 25.9 Å². The fourth-order valence-electron chi connectivity index (χ4n) is 4.03. The minimum atomic E-state index is -0.178. The van der Waals surface area contributed by atoms with E-state index in [9.17, 15) is 9.59 Å². The number of carbonyl (C=O) groups is 2. The third-order valence-electron chi connectivity index (χ3n) is 5.95. The number of benzene rings is 4. The van der Waals surface area contributed by atoms with Crippen LogP contribution in [-0.2, 0) is 17.8 Å². The zero-order valence-electron chi connectivity index (χ0n) is 20.1. The molecule has 0 spiro atoms. The summed E-state index contributed by atoms with van der Waals surface area (Å²) in [5.41, 5.74) is 4.54. The van der Waals surface area contributed by atoms with Crippen LogP contribution in [0.1, 0.15) is 45.6 Å². The summed E-state index contributed by atoms with van der Waals surface area (Å²) < 4.78 is 0. The molecular formula is C31H27N3O2. The second-order valence-electron chi connectivity index (χ2n) is 8.61. The van der Waals surface area contributed by atoms with E-state index in [2.05, 4.69) is 11.4 Å². The highest BCUT2D eigenvalue weighted by molar-refractivity contribution is 6.06. The summed E-state index contributed by atoms with van der Waals surface area (Å²) in [4.78, 5) is 28.0. The summed E-state index contributed by atoms with van der Waals surface area (Å²) in [5.74, 6) is -0.265. The molecule has 1 atom stereocenters. The molecule has 0 aliphatic rings. The highest BCUT2D eigenvalue weighted by Crippen LogP contribution is 2.23. The van der Waals surface area contributed by atoms with Gasteiger partial charge in [0.15, 0.2) is 0 Å². The van der Waals surface area contributed by atoms with Crippen molar-refractivity contribution in [2.24, 2.45) is 0 Å². The van der Waals surface area contributed by atoms with Crippen molar-refractivity contribution in [1.82, 2.24) is 5.32 Å². The number of amides is 2. The van der Waals surface area contributed by atoms with Crippen LogP contribution >= 0.6 is 0 Å². The fraction of sp³-hybridized carbons (Fsp3) is 0.129. The number of rotatable bonds is 8. The first kappa shape index (κ1) is 24.4. The molecule has 1 N–H and O–H groups in total. The molecule has 0 aliphatic carbocycles. The monoisotopic (exact) mass is 473 g/mol. The lowest BCUT2D eigenvalue weighted by atomic mass is 10.1. The maximum Gasteiger partial charge on any atom is 0.258 e. The number of nitriles is 1. The summed E-state index contributed by atoms with van der Waals surface area (Å²) >= 11 is 0. The van der Waals surface area contributed by atoms with Crippen LogP contribution in [0.15, 0.2) is 109 Å². The van der Waals surface area contributed by atoms with Crippen LogP contribution in [0.2, 0.25) is 0 Å². The van der Waals surface area contributed by atoms with E-state index in [0.29, 0.717) is 23.4 Å². The van der Waals surface area contributed by atoms with Gasteiger partial charge in [0, 0.05) is 11.3 Å². The lowest BCUT2D eigenvalue weighted by molar-refractivity contribution is -0.121. The van der Waals surface area contributed by atoms with Gasteiger partial charge in [-0.1, -0.05) is 72.8 Å². The molecule has 4 rings (SSSR count). The SMILES string of the molecule is C[C@H](NC(=O)Cc1cccc(N(Cc2ccccc2)C(=O)c2ccc(C#N)cc2)c1)c1ccccc1. The fourth-order valence-corrected chi connectivity index (χ4v) is 4.03. The van der Waals surface area contributed by atoms with Gasteiger partial charge in [-0.05, 0) is 60.0 Å². The molecule has 4 aromatic rings. The van der Waals surface area contributed by atoms with Crippen LogP contribution in [0, 0.1) is 11.3 Å². The van der Waals surface area contributed by atoms with E-state index in [4.69, 9.17) is 5.26 Å². The highest BCUT2D eigenvalue weighted by Gasteiger charge is 2.19. The predicted octanol–water partition coefficient (Wildman–Crippen LogP) is 5.83. The molecule has 178 valence electrons. The summed E-state index contributed by atoms with van der Waals surface area (Å²) in [7, 11) is 0. The topological polar surface area (TPSA) is 73.2 Å². The van der Waals surface area contributed by atoms with Crippen LogP contribution in [0.4, 0.5) is 5.69 Å². The molecule has 0 saturated carbocycles. The molecule has 0 radical (unpaired) electrons. The first-order valence-electron chi connectivity index (χ1n) is 11.8.